The molecule has 28 heavy (non-hydrogen) atoms. The van der Waals surface area contributed by atoms with E-state index in [1.165, 1.54) is 37.0 Å². The summed E-state index contributed by atoms with van der Waals surface area (Å²) in [5.74, 6) is -0.532. The summed E-state index contributed by atoms with van der Waals surface area (Å²) in [6, 6.07) is 3.10. The molecular formula is C19H26N6O2S. The lowest BCUT2D eigenvalue weighted by Crippen LogP contribution is -2.37. The van der Waals surface area contributed by atoms with E-state index in [-0.39, 0.29) is 5.69 Å². The molecule has 150 valence electrons. The van der Waals surface area contributed by atoms with Gasteiger partial charge in [-0.15, -0.1) is 0 Å². The third-order valence-corrected chi connectivity index (χ3v) is 5.78. The number of carbonyl (C=O) groups excluding carboxylic acids is 2. The summed E-state index contributed by atoms with van der Waals surface area (Å²) in [6.45, 7) is 1.88. The number of aromatic nitrogens is 2. The van der Waals surface area contributed by atoms with Crippen molar-refractivity contribution in [3.05, 3.63) is 29.7 Å². The summed E-state index contributed by atoms with van der Waals surface area (Å²) < 4.78 is 4.21. The molecule has 1 aliphatic rings. The molecule has 0 aliphatic heterocycles. The summed E-state index contributed by atoms with van der Waals surface area (Å²) in [5.41, 5.74) is 13.1. The molecule has 8 nitrogen and oxygen atoms in total. The normalized spacial score (nSPS) is 15.8. The quantitative estimate of drug-likeness (QED) is 0.536. The number of nitrogens with zero attached hydrogens (tertiary/aromatic N) is 2. The molecule has 0 spiro atoms. The van der Waals surface area contributed by atoms with Crippen molar-refractivity contribution >= 4 is 39.7 Å². The Bertz CT molecular complexity index is 847. The minimum Gasteiger partial charge on any atom is -0.372 e. The zero-order valence-electron chi connectivity index (χ0n) is 15.9. The first-order valence-electron chi connectivity index (χ1n) is 9.48. The van der Waals surface area contributed by atoms with Crippen LogP contribution in [0.2, 0.25) is 0 Å². The highest BCUT2D eigenvalue weighted by Gasteiger charge is 2.23. The van der Waals surface area contributed by atoms with Crippen molar-refractivity contribution < 1.29 is 9.59 Å². The second-order valence-corrected chi connectivity index (χ2v) is 8.09. The highest BCUT2D eigenvalue weighted by molar-refractivity contribution is 7.10. The zero-order valence-corrected chi connectivity index (χ0v) is 16.7. The van der Waals surface area contributed by atoms with E-state index in [1.54, 1.807) is 6.07 Å². The first kappa shape index (κ1) is 20.1. The molecule has 2 amide bonds. The summed E-state index contributed by atoms with van der Waals surface area (Å²) in [6.07, 6.45) is 8.11. The maximum Gasteiger partial charge on any atom is 0.269 e. The molecule has 0 saturated heterocycles. The average molecular weight is 403 g/mol. The first-order chi connectivity index (χ1) is 13.4. The van der Waals surface area contributed by atoms with Crippen LogP contribution in [0.3, 0.4) is 0 Å². The van der Waals surface area contributed by atoms with E-state index in [4.69, 9.17) is 11.5 Å². The molecule has 6 N–H and O–H groups in total. The van der Waals surface area contributed by atoms with Gasteiger partial charge in [0.2, 0.25) is 5.91 Å². The number of anilines is 3. The lowest BCUT2D eigenvalue weighted by molar-refractivity contribution is -0.119. The Morgan fingerprint density at radius 1 is 1.25 bits per heavy atom. The van der Waals surface area contributed by atoms with Gasteiger partial charge in [-0.2, -0.15) is 4.37 Å². The molecule has 1 unspecified atom stereocenters. The van der Waals surface area contributed by atoms with Gasteiger partial charge < -0.3 is 22.1 Å². The molecule has 9 heteroatoms. The van der Waals surface area contributed by atoms with Crippen LogP contribution in [-0.4, -0.2) is 27.2 Å². The minimum atomic E-state index is -0.635. The largest absolute Gasteiger partial charge is 0.372 e. The Balaban J connectivity index is 1.78. The van der Waals surface area contributed by atoms with Crippen LogP contribution in [-0.2, 0) is 4.79 Å². The number of aryl methyl sites for hydroxylation is 1. The molecule has 1 atom stereocenters. The highest BCUT2D eigenvalue weighted by atomic mass is 32.1. The maximum absolute atomic E-state index is 12.0. The molecule has 2 aromatic heterocycles. The number of primary amides is 2. The molecule has 1 fully saturated rings. The van der Waals surface area contributed by atoms with Gasteiger partial charge in [0.25, 0.3) is 5.91 Å². The van der Waals surface area contributed by atoms with Gasteiger partial charge in [-0.25, -0.2) is 4.98 Å². The van der Waals surface area contributed by atoms with Gasteiger partial charge in [0, 0.05) is 0 Å². The number of hydrogen-bond donors (Lipinski definition) is 4. The van der Waals surface area contributed by atoms with Crippen molar-refractivity contribution in [2.24, 2.45) is 17.4 Å². The topological polar surface area (TPSA) is 136 Å². The SMILES string of the molecule is Cc1cc(Nc2cc(NC(CC3CCCCC3)C(N)=O)cnc2C(N)=O)sn1. The van der Waals surface area contributed by atoms with Crippen LogP contribution in [0.1, 0.15) is 54.7 Å². The molecule has 3 rings (SSSR count). The van der Waals surface area contributed by atoms with Crippen LogP contribution in [0, 0.1) is 12.8 Å². The second-order valence-electron chi connectivity index (χ2n) is 7.28. The van der Waals surface area contributed by atoms with Crippen molar-refractivity contribution in [1.29, 1.82) is 0 Å². The molecule has 2 aromatic rings. The van der Waals surface area contributed by atoms with Gasteiger partial charge in [0.1, 0.15) is 11.0 Å². The first-order valence-corrected chi connectivity index (χ1v) is 10.3. The zero-order chi connectivity index (χ0) is 20.1. The lowest BCUT2D eigenvalue weighted by Gasteiger charge is -2.26. The maximum atomic E-state index is 12.0. The fourth-order valence-electron chi connectivity index (χ4n) is 3.59. The fourth-order valence-corrected chi connectivity index (χ4v) is 4.27. The van der Waals surface area contributed by atoms with E-state index >= 15 is 0 Å². The van der Waals surface area contributed by atoms with Gasteiger partial charge in [-0.05, 0) is 42.9 Å². The molecule has 2 heterocycles. The number of rotatable bonds is 8. The number of nitrogens with two attached hydrogens (primary N) is 2. The highest BCUT2D eigenvalue weighted by Crippen LogP contribution is 2.29. The third-order valence-electron chi connectivity index (χ3n) is 4.99. The summed E-state index contributed by atoms with van der Waals surface area (Å²) in [7, 11) is 0. The van der Waals surface area contributed by atoms with E-state index < -0.39 is 17.9 Å². The predicted octanol–water partition coefficient (Wildman–Crippen LogP) is 2.93. The van der Waals surface area contributed by atoms with Crippen molar-refractivity contribution in [2.75, 3.05) is 10.6 Å². The van der Waals surface area contributed by atoms with Gasteiger partial charge in [-0.3, -0.25) is 9.59 Å². The van der Waals surface area contributed by atoms with E-state index in [2.05, 4.69) is 20.0 Å². The number of pyridine rings is 1. The van der Waals surface area contributed by atoms with E-state index in [1.807, 2.05) is 13.0 Å². The number of carbonyl (C=O) groups is 2. The van der Waals surface area contributed by atoms with Gasteiger partial charge >= 0.3 is 0 Å². The Morgan fingerprint density at radius 2 is 2.00 bits per heavy atom. The Morgan fingerprint density at radius 3 is 2.61 bits per heavy atom. The van der Waals surface area contributed by atoms with Crippen LogP contribution in [0.25, 0.3) is 0 Å². The Labute approximate surface area is 168 Å². The second kappa shape index (κ2) is 9.01. The summed E-state index contributed by atoms with van der Waals surface area (Å²) >= 11 is 1.28. The van der Waals surface area contributed by atoms with Crippen molar-refractivity contribution in [1.82, 2.24) is 9.36 Å². The molecule has 1 saturated carbocycles. The Kier molecular flexibility index (Phi) is 6.45. The van der Waals surface area contributed by atoms with Gasteiger partial charge in [0.05, 0.1) is 23.3 Å². The smallest absolute Gasteiger partial charge is 0.269 e. The van der Waals surface area contributed by atoms with Crippen molar-refractivity contribution in [3.8, 4) is 0 Å². The minimum absolute atomic E-state index is 0.125. The van der Waals surface area contributed by atoms with Crippen molar-refractivity contribution in [3.63, 3.8) is 0 Å². The standard InChI is InChI=1S/C19H26N6O2S/c1-11-7-16(28-25-11)24-14-9-13(10-22-17(14)19(21)27)23-15(18(20)26)8-12-5-3-2-4-6-12/h7,9-10,12,15,23-24H,2-6,8H2,1H3,(H2,20,26)(H2,21,27). The predicted molar refractivity (Wildman–Crippen MR) is 111 cm³/mol. The molecule has 0 radical (unpaired) electrons. The third kappa shape index (κ3) is 5.19. The van der Waals surface area contributed by atoms with Crippen LogP contribution in [0.5, 0.6) is 0 Å². The number of nitrogens with one attached hydrogen (secondary N) is 2. The van der Waals surface area contributed by atoms with Gasteiger partial charge in [-0.1, -0.05) is 32.1 Å². The number of amides is 2. The number of hydrogen-bond acceptors (Lipinski definition) is 7. The van der Waals surface area contributed by atoms with E-state index in [0.29, 0.717) is 23.7 Å². The molecule has 0 aromatic carbocycles. The Hall–Kier alpha value is -2.68. The van der Waals surface area contributed by atoms with Crippen LogP contribution >= 0.6 is 11.5 Å². The summed E-state index contributed by atoms with van der Waals surface area (Å²) in [5, 5.41) is 7.09. The average Bonchev–Trinajstić information content (AvgIpc) is 3.06. The van der Waals surface area contributed by atoms with Crippen LogP contribution in [0.15, 0.2) is 18.3 Å². The van der Waals surface area contributed by atoms with Crippen molar-refractivity contribution in [2.45, 2.75) is 51.5 Å². The molecular weight excluding hydrogens is 376 g/mol. The van der Waals surface area contributed by atoms with E-state index in [9.17, 15) is 9.59 Å². The monoisotopic (exact) mass is 402 g/mol. The fraction of sp³-hybridized carbons (Fsp3) is 0.474. The van der Waals surface area contributed by atoms with E-state index in [0.717, 1.165) is 23.5 Å². The molecule has 0 bridgehead atoms. The van der Waals surface area contributed by atoms with Gasteiger partial charge in [0.15, 0.2) is 5.69 Å². The molecule has 1 aliphatic carbocycles. The lowest BCUT2D eigenvalue weighted by atomic mass is 9.84. The van der Waals surface area contributed by atoms with Crippen LogP contribution < -0.4 is 22.1 Å². The van der Waals surface area contributed by atoms with Crippen LogP contribution in [0.4, 0.5) is 16.4 Å². The summed E-state index contributed by atoms with van der Waals surface area (Å²) in [4.78, 5) is 27.9.